The van der Waals surface area contributed by atoms with Gasteiger partial charge in [0.2, 0.25) is 0 Å². The number of rotatable bonds is 3. The lowest BCUT2D eigenvalue weighted by atomic mass is 10.1. The van der Waals surface area contributed by atoms with E-state index in [-0.39, 0.29) is 0 Å². The molecule has 138 valence electrons. The number of nitrogens with one attached hydrogen (secondary N) is 2. The Labute approximate surface area is 164 Å². The van der Waals surface area contributed by atoms with Crippen LogP contribution in [0.5, 0.6) is 0 Å². The third kappa shape index (κ3) is 2.52. The molecule has 0 fully saturated rings. The minimum absolute atomic E-state index is 0.665. The highest BCUT2D eigenvalue weighted by atomic mass is 16.3. The third-order valence-electron chi connectivity index (χ3n) is 4.93. The first-order valence-corrected chi connectivity index (χ1v) is 9.14. The Bertz CT molecular complexity index is 1450. The summed E-state index contributed by atoms with van der Waals surface area (Å²) in [6.07, 6.45) is 6.92. The largest absolute Gasteiger partial charge is 0.472 e. The van der Waals surface area contributed by atoms with E-state index in [0.717, 1.165) is 44.5 Å². The van der Waals surface area contributed by atoms with E-state index < -0.39 is 0 Å². The first kappa shape index (κ1) is 15.8. The molecule has 1 aromatic carbocycles. The van der Waals surface area contributed by atoms with Crippen LogP contribution < -0.4 is 0 Å². The molecule has 6 aromatic rings. The van der Waals surface area contributed by atoms with Crippen molar-refractivity contribution in [2.45, 2.75) is 0 Å². The van der Waals surface area contributed by atoms with Gasteiger partial charge in [-0.3, -0.25) is 10.1 Å². The molecule has 0 unspecified atom stereocenters. The van der Waals surface area contributed by atoms with Gasteiger partial charge in [0.1, 0.15) is 5.52 Å². The normalized spacial score (nSPS) is 11.4. The highest BCUT2D eigenvalue weighted by Gasteiger charge is 2.17. The molecule has 0 amide bonds. The average Bonchev–Trinajstić information content (AvgIpc) is 3.52. The number of benzene rings is 1. The maximum absolute atomic E-state index is 5.24. The fraction of sp³-hybridized carbons (Fsp3) is 0. The zero-order chi connectivity index (χ0) is 19.2. The lowest BCUT2D eigenvalue weighted by Crippen LogP contribution is -1.87. The number of H-pyrrole nitrogens is 2. The van der Waals surface area contributed by atoms with Crippen molar-refractivity contribution < 1.29 is 4.42 Å². The van der Waals surface area contributed by atoms with Crippen LogP contribution in [-0.4, -0.2) is 30.1 Å². The van der Waals surface area contributed by atoms with Gasteiger partial charge in [-0.2, -0.15) is 5.10 Å². The number of hydrogen-bond acceptors (Lipinski definition) is 5. The number of aromatic nitrogens is 6. The first-order valence-electron chi connectivity index (χ1n) is 9.14. The van der Waals surface area contributed by atoms with Gasteiger partial charge in [-0.15, -0.1) is 0 Å². The Hall–Kier alpha value is -4.26. The predicted octanol–water partition coefficient (Wildman–Crippen LogP) is 4.82. The third-order valence-corrected chi connectivity index (χ3v) is 4.93. The zero-order valence-corrected chi connectivity index (χ0v) is 15.1. The summed E-state index contributed by atoms with van der Waals surface area (Å²) >= 11 is 0. The Balaban J connectivity index is 1.53. The van der Waals surface area contributed by atoms with Crippen LogP contribution >= 0.6 is 0 Å². The van der Waals surface area contributed by atoms with E-state index in [2.05, 4.69) is 20.2 Å². The van der Waals surface area contributed by atoms with Gasteiger partial charge in [0.05, 0.1) is 34.8 Å². The van der Waals surface area contributed by atoms with E-state index >= 15 is 0 Å². The molecule has 0 atom stereocenters. The van der Waals surface area contributed by atoms with Gasteiger partial charge < -0.3 is 9.40 Å². The molecule has 0 radical (unpaired) electrons. The van der Waals surface area contributed by atoms with E-state index in [0.29, 0.717) is 11.5 Å². The van der Waals surface area contributed by atoms with Crippen molar-refractivity contribution in [3.63, 3.8) is 0 Å². The van der Waals surface area contributed by atoms with Crippen molar-refractivity contribution >= 4 is 22.1 Å². The summed E-state index contributed by atoms with van der Waals surface area (Å²) in [6, 6.07) is 15.8. The second-order valence-corrected chi connectivity index (χ2v) is 6.71. The monoisotopic (exact) mass is 378 g/mol. The molecule has 0 aliphatic carbocycles. The number of hydrogen-bond donors (Lipinski definition) is 2. The molecule has 0 aliphatic heterocycles. The van der Waals surface area contributed by atoms with Gasteiger partial charge in [-0.05, 0) is 36.4 Å². The van der Waals surface area contributed by atoms with Gasteiger partial charge in [-0.1, -0.05) is 12.1 Å². The highest BCUT2D eigenvalue weighted by Crippen LogP contribution is 2.31. The first-order chi connectivity index (χ1) is 14.4. The van der Waals surface area contributed by atoms with Gasteiger partial charge in [0.25, 0.3) is 0 Å². The van der Waals surface area contributed by atoms with Gasteiger partial charge >= 0.3 is 0 Å². The number of para-hydroxylation sites is 1. The average molecular weight is 378 g/mol. The minimum atomic E-state index is 0.665. The number of imidazole rings is 1. The van der Waals surface area contributed by atoms with Crippen LogP contribution in [0.15, 0.2) is 77.9 Å². The van der Waals surface area contributed by atoms with Crippen LogP contribution in [0.25, 0.3) is 56.0 Å². The Morgan fingerprint density at radius 2 is 1.83 bits per heavy atom. The SMILES string of the molecule is c1cncc(-c2ccc3[nH]nc(-c4nc5c(-c6ccoc6)cccc5[nH]4)c3n2)c1. The van der Waals surface area contributed by atoms with Crippen molar-refractivity contribution in [3.8, 4) is 33.9 Å². The number of fused-ring (bicyclic) bond motifs is 2. The minimum Gasteiger partial charge on any atom is -0.472 e. The van der Waals surface area contributed by atoms with E-state index in [1.165, 1.54) is 0 Å². The molecular weight excluding hydrogens is 364 g/mol. The number of pyridine rings is 2. The molecule has 5 heterocycles. The van der Waals surface area contributed by atoms with Crippen LogP contribution in [0.1, 0.15) is 0 Å². The van der Waals surface area contributed by atoms with Gasteiger partial charge in [-0.25, -0.2) is 9.97 Å². The molecule has 0 bridgehead atoms. The van der Waals surface area contributed by atoms with Crippen LogP contribution in [0, 0.1) is 0 Å². The fourth-order valence-corrected chi connectivity index (χ4v) is 3.53. The molecule has 2 N–H and O–H groups in total. The predicted molar refractivity (Wildman–Crippen MR) is 110 cm³/mol. The molecule has 7 heteroatoms. The molecule has 6 rings (SSSR count). The summed E-state index contributed by atoms with van der Waals surface area (Å²) in [5.41, 5.74) is 7.86. The zero-order valence-electron chi connectivity index (χ0n) is 15.1. The maximum Gasteiger partial charge on any atom is 0.161 e. The van der Waals surface area contributed by atoms with Crippen molar-refractivity contribution in [1.82, 2.24) is 30.1 Å². The second kappa shape index (κ2) is 6.13. The van der Waals surface area contributed by atoms with Crippen molar-refractivity contribution in [3.05, 3.63) is 73.5 Å². The molecule has 0 spiro atoms. The van der Waals surface area contributed by atoms with Crippen LogP contribution in [0.2, 0.25) is 0 Å². The maximum atomic E-state index is 5.24. The smallest absolute Gasteiger partial charge is 0.161 e. The molecule has 0 saturated carbocycles. The Morgan fingerprint density at radius 3 is 2.69 bits per heavy atom. The highest BCUT2D eigenvalue weighted by molar-refractivity contribution is 5.96. The van der Waals surface area contributed by atoms with E-state index in [1.54, 1.807) is 24.9 Å². The number of aromatic amines is 2. The Kier molecular flexibility index (Phi) is 3.33. The lowest BCUT2D eigenvalue weighted by Gasteiger charge is -2.00. The quantitative estimate of drug-likeness (QED) is 0.460. The van der Waals surface area contributed by atoms with Crippen LogP contribution in [0.4, 0.5) is 0 Å². The van der Waals surface area contributed by atoms with Crippen molar-refractivity contribution in [2.75, 3.05) is 0 Å². The second-order valence-electron chi connectivity index (χ2n) is 6.71. The summed E-state index contributed by atoms with van der Waals surface area (Å²) in [7, 11) is 0. The van der Waals surface area contributed by atoms with E-state index in [1.807, 2.05) is 48.5 Å². The van der Waals surface area contributed by atoms with E-state index in [9.17, 15) is 0 Å². The van der Waals surface area contributed by atoms with Crippen LogP contribution in [-0.2, 0) is 0 Å². The topological polar surface area (TPSA) is 96.3 Å². The summed E-state index contributed by atoms with van der Waals surface area (Å²) < 4.78 is 5.24. The number of nitrogens with zero attached hydrogens (tertiary/aromatic N) is 4. The Morgan fingerprint density at radius 1 is 0.828 bits per heavy atom. The molecule has 0 saturated heterocycles. The molecule has 7 nitrogen and oxygen atoms in total. The fourth-order valence-electron chi connectivity index (χ4n) is 3.53. The van der Waals surface area contributed by atoms with Crippen molar-refractivity contribution in [2.24, 2.45) is 0 Å². The van der Waals surface area contributed by atoms with E-state index in [4.69, 9.17) is 14.4 Å². The lowest BCUT2D eigenvalue weighted by molar-refractivity contribution is 0.568. The van der Waals surface area contributed by atoms with Gasteiger partial charge in [0.15, 0.2) is 11.5 Å². The van der Waals surface area contributed by atoms with Gasteiger partial charge in [0, 0.05) is 29.1 Å². The summed E-state index contributed by atoms with van der Waals surface area (Å²) in [5, 5.41) is 7.52. The summed E-state index contributed by atoms with van der Waals surface area (Å²) in [5.74, 6) is 0.665. The van der Waals surface area contributed by atoms with Crippen LogP contribution in [0.3, 0.4) is 0 Å². The molecule has 0 aliphatic rings. The standard InChI is InChI=1S/C22H14N6O/c1-4-15(14-8-10-29-12-14)19-17(5-1)25-22(26-19)21-20-18(27-28-21)7-6-16(24-20)13-3-2-9-23-11-13/h1-12H,(H,25,26)(H,27,28). The number of furan rings is 1. The molecular formula is C22H14N6O. The molecule has 5 aromatic heterocycles. The summed E-state index contributed by atoms with van der Waals surface area (Å²) in [4.78, 5) is 17.2. The van der Waals surface area contributed by atoms with Crippen molar-refractivity contribution in [1.29, 1.82) is 0 Å². The summed E-state index contributed by atoms with van der Waals surface area (Å²) in [6.45, 7) is 0. The molecule has 29 heavy (non-hydrogen) atoms.